The van der Waals surface area contributed by atoms with Gasteiger partial charge in [-0.25, -0.2) is 0 Å². The van der Waals surface area contributed by atoms with Crippen molar-refractivity contribution in [3.63, 3.8) is 0 Å². The Labute approximate surface area is 84.2 Å². The molecule has 0 amide bonds. The van der Waals surface area contributed by atoms with Crippen molar-refractivity contribution < 1.29 is 4.43 Å². The Balaban J connectivity index is 2.37. The van der Waals surface area contributed by atoms with Gasteiger partial charge in [0.25, 0.3) is 0 Å². The van der Waals surface area contributed by atoms with Gasteiger partial charge in [-0.05, 0) is 38.9 Å². The van der Waals surface area contributed by atoms with Gasteiger partial charge in [-0.1, -0.05) is 22.6 Å². The molecule has 1 aliphatic carbocycles. The van der Waals surface area contributed by atoms with Gasteiger partial charge in [-0.15, -0.1) is 0 Å². The van der Waals surface area contributed by atoms with Crippen LogP contribution in [0.25, 0.3) is 0 Å². The van der Waals surface area contributed by atoms with Crippen molar-refractivity contribution in [3.8, 4) is 0 Å². The molecule has 1 saturated carbocycles. The first kappa shape index (κ1) is 9.99. The number of hydrogen-bond donors (Lipinski definition) is 0. The first-order valence-electron chi connectivity index (χ1n) is 4.31. The van der Waals surface area contributed by atoms with Crippen LogP contribution in [0.2, 0.25) is 19.6 Å². The summed E-state index contributed by atoms with van der Waals surface area (Å²) in [6.45, 7) is 6.82. The fourth-order valence-corrected chi connectivity index (χ4v) is 3.88. The predicted molar refractivity (Wildman–Crippen MR) is 59.9 cm³/mol. The van der Waals surface area contributed by atoms with Gasteiger partial charge in [0.05, 0.1) is 6.10 Å². The summed E-state index contributed by atoms with van der Waals surface area (Å²) in [6, 6.07) is 0. The standard InChI is InChI=1S/C8H17IOSi/c1-11(2,3)10-8-6-4-5-7(8)9/h7-8H,4-6H2,1-3H3/t7-,8-/m0/s1. The molecule has 1 aliphatic rings. The molecule has 2 atom stereocenters. The van der Waals surface area contributed by atoms with E-state index < -0.39 is 8.32 Å². The first-order valence-corrected chi connectivity index (χ1v) is 8.96. The molecule has 0 aromatic rings. The second kappa shape index (κ2) is 3.74. The molecule has 11 heavy (non-hydrogen) atoms. The molecule has 1 fully saturated rings. The summed E-state index contributed by atoms with van der Waals surface area (Å²) in [6.07, 6.45) is 4.58. The van der Waals surface area contributed by atoms with E-state index in [1.165, 1.54) is 19.3 Å². The Kier molecular flexibility index (Phi) is 3.40. The molecule has 0 aromatic heterocycles. The summed E-state index contributed by atoms with van der Waals surface area (Å²) in [5, 5.41) is 0. The van der Waals surface area contributed by atoms with Crippen molar-refractivity contribution in [1.29, 1.82) is 0 Å². The van der Waals surface area contributed by atoms with Gasteiger partial charge in [0, 0.05) is 3.92 Å². The fourth-order valence-electron chi connectivity index (χ4n) is 1.47. The minimum Gasteiger partial charge on any atom is -0.414 e. The second-order valence-electron chi connectivity index (χ2n) is 4.22. The third-order valence-electron chi connectivity index (χ3n) is 1.88. The summed E-state index contributed by atoms with van der Waals surface area (Å²) >= 11 is 2.53. The number of hydrogen-bond acceptors (Lipinski definition) is 1. The lowest BCUT2D eigenvalue weighted by atomic mass is 10.3. The lowest BCUT2D eigenvalue weighted by Crippen LogP contribution is -2.34. The SMILES string of the molecule is C[Si](C)(C)O[C@H]1CCC[C@@H]1I. The Morgan fingerprint density at radius 2 is 1.91 bits per heavy atom. The zero-order chi connectivity index (χ0) is 8.48. The zero-order valence-corrected chi connectivity index (χ0v) is 10.7. The highest BCUT2D eigenvalue weighted by Gasteiger charge is 2.29. The Hall–Kier alpha value is 0.907. The maximum Gasteiger partial charge on any atom is 0.184 e. The van der Waals surface area contributed by atoms with E-state index in [4.69, 9.17) is 4.43 Å². The highest BCUT2D eigenvalue weighted by molar-refractivity contribution is 14.1. The van der Waals surface area contributed by atoms with Crippen LogP contribution < -0.4 is 0 Å². The molecular weight excluding hydrogens is 267 g/mol. The van der Waals surface area contributed by atoms with Crippen LogP contribution >= 0.6 is 22.6 Å². The number of halogens is 1. The highest BCUT2D eigenvalue weighted by atomic mass is 127. The van der Waals surface area contributed by atoms with Crippen LogP contribution in [0.4, 0.5) is 0 Å². The van der Waals surface area contributed by atoms with Crippen LogP contribution in [0, 0.1) is 0 Å². The van der Waals surface area contributed by atoms with Crippen LogP contribution in [-0.4, -0.2) is 18.3 Å². The zero-order valence-electron chi connectivity index (χ0n) is 7.56. The van der Waals surface area contributed by atoms with Gasteiger partial charge in [0.15, 0.2) is 8.32 Å². The molecule has 0 saturated heterocycles. The van der Waals surface area contributed by atoms with Crippen LogP contribution in [0.3, 0.4) is 0 Å². The van der Waals surface area contributed by atoms with Crippen molar-refractivity contribution in [2.45, 2.75) is 48.9 Å². The van der Waals surface area contributed by atoms with Gasteiger partial charge in [0.1, 0.15) is 0 Å². The second-order valence-corrected chi connectivity index (χ2v) is 10.3. The predicted octanol–water partition coefficient (Wildman–Crippen LogP) is 3.19. The third-order valence-corrected chi connectivity index (χ3v) is 4.31. The minimum atomic E-state index is -1.27. The molecule has 0 heterocycles. The third kappa shape index (κ3) is 3.42. The molecule has 66 valence electrons. The molecule has 0 radical (unpaired) electrons. The monoisotopic (exact) mass is 284 g/mol. The Bertz CT molecular complexity index is 133. The maximum atomic E-state index is 6.04. The maximum absolute atomic E-state index is 6.04. The Morgan fingerprint density at radius 3 is 2.27 bits per heavy atom. The van der Waals surface area contributed by atoms with Crippen molar-refractivity contribution in [1.82, 2.24) is 0 Å². The highest BCUT2D eigenvalue weighted by Crippen LogP contribution is 2.30. The van der Waals surface area contributed by atoms with Gasteiger partial charge in [-0.2, -0.15) is 0 Å². The van der Waals surface area contributed by atoms with Crippen LogP contribution in [0.15, 0.2) is 0 Å². The largest absolute Gasteiger partial charge is 0.414 e. The van der Waals surface area contributed by atoms with E-state index in [1.807, 2.05) is 0 Å². The van der Waals surface area contributed by atoms with E-state index in [2.05, 4.69) is 42.2 Å². The minimum absolute atomic E-state index is 0.572. The molecular formula is C8H17IOSi. The van der Waals surface area contributed by atoms with Gasteiger partial charge >= 0.3 is 0 Å². The topological polar surface area (TPSA) is 9.23 Å². The summed E-state index contributed by atoms with van der Waals surface area (Å²) in [5.41, 5.74) is 0. The summed E-state index contributed by atoms with van der Waals surface area (Å²) < 4.78 is 6.82. The first-order chi connectivity index (χ1) is 4.99. The van der Waals surface area contributed by atoms with E-state index >= 15 is 0 Å². The van der Waals surface area contributed by atoms with Crippen LogP contribution in [0.1, 0.15) is 19.3 Å². The molecule has 1 rings (SSSR count). The Morgan fingerprint density at radius 1 is 1.27 bits per heavy atom. The molecule has 0 bridgehead atoms. The average Bonchev–Trinajstić information content (AvgIpc) is 2.12. The van der Waals surface area contributed by atoms with Gasteiger partial charge < -0.3 is 4.43 Å². The lowest BCUT2D eigenvalue weighted by Gasteiger charge is -2.25. The molecule has 0 spiro atoms. The van der Waals surface area contributed by atoms with Crippen molar-refractivity contribution in [3.05, 3.63) is 0 Å². The normalized spacial score (nSPS) is 32.7. The van der Waals surface area contributed by atoms with E-state index in [0.717, 1.165) is 3.92 Å². The smallest absolute Gasteiger partial charge is 0.184 e. The number of alkyl halides is 1. The van der Waals surface area contributed by atoms with E-state index in [0.29, 0.717) is 6.10 Å². The van der Waals surface area contributed by atoms with Gasteiger partial charge in [0.2, 0.25) is 0 Å². The molecule has 1 nitrogen and oxygen atoms in total. The summed E-state index contributed by atoms with van der Waals surface area (Å²) in [4.78, 5) is 0. The molecule has 0 aromatic carbocycles. The van der Waals surface area contributed by atoms with Gasteiger partial charge in [-0.3, -0.25) is 0 Å². The molecule has 0 unspecified atom stereocenters. The van der Waals surface area contributed by atoms with Crippen LogP contribution in [-0.2, 0) is 4.43 Å². The van der Waals surface area contributed by atoms with Crippen molar-refractivity contribution in [2.24, 2.45) is 0 Å². The number of rotatable bonds is 2. The van der Waals surface area contributed by atoms with E-state index in [1.54, 1.807) is 0 Å². The van der Waals surface area contributed by atoms with E-state index in [9.17, 15) is 0 Å². The average molecular weight is 284 g/mol. The summed E-state index contributed by atoms with van der Waals surface area (Å²) in [5.74, 6) is 0. The van der Waals surface area contributed by atoms with Crippen molar-refractivity contribution >= 4 is 30.9 Å². The molecule has 0 aliphatic heterocycles. The molecule has 3 heteroatoms. The summed E-state index contributed by atoms with van der Waals surface area (Å²) in [7, 11) is -1.27. The van der Waals surface area contributed by atoms with Crippen molar-refractivity contribution in [2.75, 3.05) is 0 Å². The van der Waals surface area contributed by atoms with E-state index in [-0.39, 0.29) is 0 Å². The fraction of sp³-hybridized carbons (Fsp3) is 1.00. The quantitative estimate of drug-likeness (QED) is 0.430. The lowest BCUT2D eigenvalue weighted by molar-refractivity contribution is 0.211. The molecule has 0 N–H and O–H groups in total. The van der Waals surface area contributed by atoms with Crippen LogP contribution in [0.5, 0.6) is 0 Å².